The molecular weight excluding hydrogens is 436 g/mol. The summed E-state index contributed by atoms with van der Waals surface area (Å²) < 4.78 is 6.02. The van der Waals surface area contributed by atoms with Gasteiger partial charge in [0.2, 0.25) is 17.7 Å². The second kappa shape index (κ2) is 8.78. The van der Waals surface area contributed by atoms with E-state index in [1.807, 2.05) is 48.5 Å². The van der Waals surface area contributed by atoms with Crippen molar-refractivity contribution in [2.24, 2.45) is 0 Å². The number of amides is 3. The smallest absolute Gasteiger partial charge is 0.240 e. The zero-order chi connectivity index (χ0) is 21.0. The molecule has 1 N–H and O–H groups in total. The Hall–Kier alpha value is -2.67. The number of benzene rings is 2. The third-order valence-electron chi connectivity index (χ3n) is 5.20. The van der Waals surface area contributed by atoms with Gasteiger partial charge < -0.3 is 10.1 Å². The van der Waals surface area contributed by atoms with E-state index < -0.39 is 5.41 Å². The van der Waals surface area contributed by atoms with Gasteiger partial charge in [-0.15, -0.1) is 0 Å². The lowest BCUT2D eigenvalue weighted by Gasteiger charge is -2.22. The molecule has 2 aromatic carbocycles. The molecule has 0 aliphatic carbocycles. The first-order valence-electron chi connectivity index (χ1n) is 9.34. The Balaban J connectivity index is 1.56. The van der Waals surface area contributed by atoms with E-state index in [0.717, 1.165) is 26.2 Å². The number of likely N-dealkylation sites (tertiary alicyclic amines) is 1. The quantitative estimate of drug-likeness (QED) is 0.647. The maximum absolute atomic E-state index is 12.9. The van der Waals surface area contributed by atoms with Crippen molar-refractivity contribution in [2.75, 3.05) is 20.2 Å². The Bertz CT molecular complexity index is 911. The number of nitrogens with zero attached hydrogens (tertiary/aromatic N) is 1. The Morgan fingerprint density at radius 1 is 1.14 bits per heavy atom. The summed E-state index contributed by atoms with van der Waals surface area (Å²) in [5.74, 6) is -0.237. The molecule has 0 bridgehead atoms. The van der Waals surface area contributed by atoms with Gasteiger partial charge >= 0.3 is 0 Å². The molecular formula is C22H23BrN2O4. The van der Waals surface area contributed by atoms with E-state index in [2.05, 4.69) is 21.2 Å². The molecule has 6 nitrogen and oxygen atoms in total. The number of carbonyl (C=O) groups excluding carboxylic acids is 3. The van der Waals surface area contributed by atoms with Crippen LogP contribution in [0.4, 0.5) is 0 Å². The van der Waals surface area contributed by atoms with Gasteiger partial charge in [0.1, 0.15) is 12.3 Å². The van der Waals surface area contributed by atoms with Gasteiger partial charge in [-0.25, -0.2) is 0 Å². The van der Waals surface area contributed by atoms with Crippen molar-refractivity contribution in [1.82, 2.24) is 10.2 Å². The van der Waals surface area contributed by atoms with E-state index >= 15 is 0 Å². The molecule has 0 spiro atoms. The fraction of sp³-hybridized carbons (Fsp3) is 0.318. The van der Waals surface area contributed by atoms with E-state index in [-0.39, 0.29) is 30.7 Å². The summed E-state index contributed by atoms with van der Waals surface area (Å²) in [6.45, 7) is 1.91. The van der Waals surface area contributed by atoms with Crippen molar-refractivity contribution in [3.63, 3.8) is 0 Å². The molecule has 0 radical (unpaired) electrons. The van der Waals surface area contributed by atoms with Crippen LogP contribution in [0.2, 0.25) is 0 Å². The minimum Gasteiger partial charge on any atom is -0.497 e. The van der Waals surface area contributed by atoms with Crippen LogP contribution in [0.25, 0.3) is 0 Å². The fourth-order valence-electron chi connectivity index (χ4n) is 3.43. The third-order valence-corrected chi connectivity index (χ3v) is 5.73. The van der Waals surface area contributed by atoms with Crippen molar-refractivity contribution in [3.8, 4) is 5.75 Å². The highest BCUT2D eigenvalue weighted by atomic mass is 79.9. The monoisotopic (exact) mass is 458 g/mol. The van der Waals surface area contributed by atoms with Crippen LogP contribution in [-0.2, 0) is 26.2 Å². The number of imide groups is 1. The highest BCUT2D eigenvalue weighted by Crippen LogP contribution is 2.36. The number of halogens is 1. The Morgan fingerprint density at radius 3 is 2.41 bits per heavy atom. The summed E-state index contributed by atoms with van der Waals surface area (Å²) in [5.41, 5.74) is 0.880. The Morgan fingerprint density at radius 2 is 1.79 bits per heavy atom. The van der Waals surface area contributed by atoms with E-state index in [9.17, 15) is 14.4 Å². The molecule has 0 unspecified atom stereocenters. The molecule has 1 fully saturated rings. The molecule has 1 heterocycles. The second-order valence-electron chi connectivity index (χ2n) is 7.25. The standard InChI is InChI=1S/C22H23BrN2O4/c1-22(16-5-7-17(23)8-6-16)13-20(27)25(21(22)28)14-19(26)24-12-11-15-3-9-18(29-2)10-4-15/h3-10H,11-14H2,1-2H3,(H,24,26)/t22-/m0/s1. The maximum Gasteiger partial charge on any atom is 0.240 e. The van der Waals surface area contributed by atoms with Crippen molar-refractivity contribution in [3.05, 3.63) is 64.1 Å². The Labute approximate surface area is 178 Å². The molecule has 0 aromatic heterocycles. The Kier molecular flexibility index (Phi) is 6.37. The molecule has 152 valence electrons. The normalized spacial score (nSPS) is 18.8. The molecule has 1 atom stereocenters. The van der Waals surface area contributed by atoms with Gasteiger partial charge in [-0.1, -0.05) is 40.2 Å². The highest BCUT2D eigenvalue weighted by molar-refractivity contribution is 9.10. The van der Waals surface area contributed by atoms with Gasteiger partial charge in [-0.3, -0.25) is 19.3 Å². The van der Waals surface area contributed by atoms with Gasteiger partial charge in [0.15, 0.2) is 0 Å². The highest BCUT2D eigenvalue weighted by Gasteiger charge is 2.49. The maximum atomic E-state index is 12.9. The summed E-state index contributed by atoms with van der Waals surface area (Å²) in [5, 5.41) is 2.78. The van der Waals surface area contributed by atoms with Crippen LogP contribution in [0.15, 0.2) is 53.0 Å². The van der Waals surface area contributed by atoms with Crippen molar-refractivity contribution < 1.29 is 19.1 Å². The lowest BCUT2D eigenvalue weighted by Crippen LogP contribution is -2.43. The zero-order valence-electron chi connectivity index (χ0n) is 16.4. The minimum absolute atomic E-state index is 0.0621. The van der Waals surface area contributed by atoms with Crippen molar-refractivity contribution in [2.45, 2.75) is 25.2 Å². The average Bonchev–Trinajstić information content (AvgIpc) is 2.93. The van der Waals surface area contributed by atoms with Crippen LogP contribution in [0, 0.1) is 0 Å². The predicted molar refractivity (Wildman–Crippen MR) is 113 cm³/mol. The van der Waals surface area contributed by atoms with Crippen molar-refractivity contribution in [1.29, 1.82) is 0 Å². The van der Waals surface area contributed by atoms with Gasteiger partial charge in [0, 0.05) is 17.4 Å². The molecule has 2 aromatic rings. The zero-order valence-corrected chi connectivity index (χ0v) is 18.0. The lowest BCUT2D eigenvalue weighted by molar-refractivity contribution is -0.143. The average molecular weight is 459 g/mol. The first kappa shape index (κ1) is 21.0. The van der Waals surface area contributed by atoms with Gasteiger partial charge in [0.25, 0.3) is 0 Å². The fourth-order valence-corrected chi connectivity index (χ4v) is 3.69. The van der Waals surface area contributed by atoms with Crippen molar-refractivity contribution >= 4 is 33.7 Å². The number of ether oxygens (including phenoxy) is 1. The van der Waals surface area contributed by atoms with E-state index in [0.29, 0.717) is 13.0 Å². The molecule has 3 rings (SSSR count). The van der Waals surface area contributed by atoms with E-state index in [1.54, 1.807) is 14.0 Å². The largest absolute Gasteiger partial charge is 0.497 e. The predicted octanol–water partition coefficient (Wildman–Crippen LogP) is 2.83. The summed E-state index contributed by atoms with van der Waals surface area (Å²) in [7, 11) is 1.61. The number of hydrogen-bond acceptors (Lipinski definition) is 4. The van der Waals surface area contributed by atoms with Gasteiger partial charge in [0.05, 0.1) is 12.5 Å². The first-order valence-corrected chi connectivity index (χ1v) is 10.1. The minimum atomic E-state index is -0.943. The molecule has 7 heteroatoms. The van der Waals surface area contributed by atoms with Crippen LogP contribution in [0.5, 0.6) is 5.75 Å². The summed E-state index contributed by atoms with van der Waals surface area (Å²) in [4.78, 5) is 38.7. The summed E-state index contributed by atoms with van der Waals surface area (Å²) in [6.07, 6.45) is 0.709. The summed E-state index contributed by atoms with van der Waals surface area (Å²) >= 11 is 3.37. The lowest BCUT2D eigenvalue weighted by atomic mass is 9.81. The van der Waals surface area contributed by atoms with E-state index in [4.69, 9.17) is 4.74 Å². The molecule has 1 aliphatic heterocycles. The second-order valence-corrected chi connectivity index (χ2v) is 8.16. The van der Waals surface area contributed by atoms with Crippen LogP contribution in [0.1, 0.15) is 24.5 Å². The van der Waals surface area contributed by atoms with Gasteiger partial charge in [-0.2, -0.15) is 0 Å². The first-order chi connectivity index (χ1) is 13.8. The molecule has 3 amide bonds. The van der Waals surface area contributed by atoms with Crippen LogP contribution < -0.4 is 10.1 Å². The molecule has 1 saturated heterocycles. The molecule has 0 saturated carbocycles. The number of methoxy groups -OCH3 is 1. The number of rotatable bonds is 7. The van der Waals surface area contributed by atoms with Gasteiger partial charge in [-0.05, 0) is 48.7 Å². The molecule has 29 heavy (non-hydrogen) atoms. The SMILES string of the molecule is COc1ccc(CCNC(=O)CN2C(=O)C[C@@](C)(c3ccc(Br)cc3)C2=O)cc1. The molecule has 1 aliphatic rings. The third kappa shape index (κ3) is 4.67. The van der Waals surface area contributed by atoms with Crippen LogP contribution >= 0.6 is 15.9 Å². The van der Waals surface area contributed by atoms with Crippen LogP contribution in [-0.4, -0.2) is 42.8 Å². The topological polar surface area (TPSA) is 75.7 Å². The number of carbonyl (C=O) groups is 3. The number of nitrogens with one attached hydrogen (secondary N) is 1. The van der Waals surface area contributed by atoms with E-state index in [1.165, 1.54) is 0 Å². The summed E-state index contributed by atoms with van der Waals surface area (Å²) in [6, 6.07) is 14.9. The number of hydrogen-bond donors (Lipinski definition) is 1. The van der Waals surface area contributed by atoms with Crippen LogP contribution in [0.3, 0.4) is 0 Å².